The molecule has 0 spiro atoms. The summed E-state index contributed by atoms with van der Waals surface area (Å²) in [7, 11) is 0. The van der Waals surface area contributed by atoms with E-state index in [0.29, 0.717) is 17.9 Å². The van der Waals surface area contributed by atoms with Crippen LogP contribution in [0.15, 0.2) is 29.8 Å². The Morgan fingerprint density at radius 1 is 1.55 bits per heavy atom. The molecule has 1 atom stereocenters. The van der Waals surface area contributed by atoms with Crippen LogP contribution in [0.4, 0.5) is 11.4 Å². The van der Waals surface area contributed by atoms with Gasteiger partial charge in [0.1, 0.15) is 5.01 Å². The molecule has 0 saturated carbocycles. The second kappa shape index (κ2) is 6.38. The lowest BCUT2D eigenvalue weighted by atomic mass is 10.1. The maximum absolute atomic E-state index is 11.8. The summed E-state index contributed by atoms with van der Waals surface area (Å²) in [6, 6.07) is 5.30. The summed E-state index contributed by atoms with van der Waals surface area (Å²) in [6.45, 7) is 4.10. The molecule has 0 fully saturated rings. The molecule has 0 saturated heterocycles. The lowest BCUT2D eigenvalue weighted by molar-refractivity contribution is 0.0527. The fraction of sp³-hybridized carbons (Fsp3) is 0.286. The Hall–Kier alpha value is -2.08. The highest BCUT2D eigenvalue weighted by Gasteiger charge is 2.13. The number of nitrogen functional groups attached to an aromatic ring is 1. The summed E-state index contributed by atoms with van der Waals surface area (Å²) in [5, 5.41) is 6.21. The SMILES string of the molecule is CCOC(=O)c1cc(NC(C)c2nccs2)ccc1N. The highest BCUT2D eigenvalue weighted by atomic mass is 32.1. The summed E-state index contributed by atoms with van der Waals surface area (Å²) in [5.74, 6) is -0.407. The van der Waals surface area contributed by atoms with Gasteiger partial charge in [-0.3, -0.25) is 0 Å². The van der Waals surface area contributed by atoms with Crippen molar-refractivity contribution in [3.05, 3.63) is 40.3 Å². The zero-order chi connectivity index (χ0) is 14.5. The third kappa shape index (κ3) is 3.27. The first kappa shape index (κ1) is 14.3. The maximum Gasteiger partial charge on any atom is 0.340 e. The van der Waals surface area contributed by atoms with Crippen molar-refractivity contribution in [3.63, 3.8) is 0 Å². The molecule has 2 aromatic rings. The minimum Gasteiger partial charge on any atom is -0.462 e. The normalized spacial score (nSPS) is 11.9. The van der Waals surface area contributed by atoms with E-state index in [1.807, 2.05) is 18.4 Å². The zero-order valence-electron chi connectivity index (χ0n) is 11.4. The van der Waals surface area contributed by atoms with E-state index in [9.17, 15) is 4.79 Å². The van der Waals surface area contributed by atoms with Gasteiger partial charge in [0.15, 0.2) is 0 Å². The summed E-state index contributed by atoms with van der Waals surface area (Å²) in [4.78, 5) is 16.0. The van der Waals surface area contributed by atoms with Crippen molar-refractivity contribution in [3.8, 4) is 0 Å². The number of rotatable bonds is 5. The predicted octanol–water partition coefficient (Wildman–Crippen LogP) is 3.08. The number of benzene rings is 1. The molecule has 6 heteroatoms. The van der Waals surface area contributed by atoms with E-state index in [2.05, 4.69) is 10.3 Å². The highest BCUT2D eigenvalue weighted by Crippen LogP contribution is 2.24. The van der Waals surface area contributed by atoms with Gasteiger partial charge in [0.25, 0.3) is 0 Å². The Morgan fingerprint density at radius 3 is 3.00 bits per heavy atom. The van der Waals surface area contributed by atoms with Crippen LogP contribution in [0.25, 0.3) is 0 Å². The van der Waals surface area contributed by atoms with Crippen LogP contribution in [-0.2, 0) is 4.74 Å². The Kier molecular flexibility index (Phi) is 4.57. The van der Waals surface area contributed by atoms with Gasteiger partial charge in [-0.15, -0.1) is 11.3 Å². The highest BCUT2D eigenvalue weighted by molar-refractivity contribution is 7.09. The van der Waals surface area contributed by atoms with Crippen LogP contribution in [0, 0.1) is 0 Å². The molecular formula is C14H17N3O2S. The van der Waals surface area contributed by atoms with Crippen molar-refractivity contribution in [2.45, 2.75) is 19.9 Å². The monoisotopic (exact) mass is 291 g/mol. The summed E-state index contributed by atoms with van der Waals surface area (Å²) in [5.41, 5.74) is 7.41. The molecule has 1 aromatic carbocycles. The van der Waals surface area contributed by atoms with Gasteiger partial charge in [0, 0.05) is 23.0 Å². The Bertz CT molecular complexity index is 584. The molecule has 0 bridgehead atoms. The van der Waals surface area contributed by atoms with Gasteiger partial charge in [0.05, 0.1) is 18.2 Å². The van der Waals surface area contributed by atoms with Gasteiger partial charge in [-0.25, -0.2) is 9.78 Å². The van der Waals surface area contributed by atoms with E-state index in [4.69, 9.17) is 10.5 Å². The third-order valence-corrected chi connectivity index (χ3v) is 3.71. The van der Waals surface area contributed by atoms with Crippen molar-refractivity contribution in [2.24, 2.45) is 0 Å². The molecule has 5 nitrogen and oxygen atoms in total. The van der Waals surface area contributed by atoms with E-state index in [1.54, 1.807) is 36.6 Å². The first-order valence-electron chi connectivity index (χ1n) is 6.34. The van der Waals surface area contributed by atoms with Crippen molar-refractivity contribution < 1.29 is 9.53 Å². The van der Waals surface area contributed by atoms with Crippen LogP contribution in [0.2, 0.25) is 0 Å². The number of hydrogen-bond acceptors (Lipinski definition) is 6. The fourth-order valence-corrected chi connectivity index (χ4v) is 2.44. The minimum absolute atomic E-state index is 0.0636. The predicted molar refractivity (Wildman–Crippen MR) is 81.0 cm³/mol. The van der Waals surface area contributed by atoms with E-state index in [0.717, 1.165) is 10.7 Å². The number of nitrogens with two attached hydrogens (primary N) is 1. The average Bonchev–Trinajstić information content (AvgIpc) is 2.95. The molecule has 20 heavy (non-hydrogen) atoms. The number of ether oxygens (including phenoxy) is 1. The number of carbonyl (C=O) groups is 1. The number of nitrogens with zero attached hydrogens (tertiary/aromatic N) is 1. The number of aromatic nitrogens is 1. The molecule has 1 aromatic heterocycles. The Morgan fingerprint density at radius 2 is 2.35 bits per heavy atom. The molecule has 0 radical (unpaired) electrons. The number of esters is 1. The number of anilines is 2. The van der Waals surface area contributed by atoms with Gasteiger partial charge >= 0.3 is 5.97 Å². The molecule has 0 amide bonds. The smallest absolute Gasteiger partial charge is 0.340 e. The van der Waals surface area contributed by atoms with Gasteiger partial charge in [-0.2, -0.15) is 0 Å². The Labute approximate surface area is 121 Å². The van der Waals surface area contributed by atoms with E-state index in [1.165, 1.54) is 0 Å². The molecular weight excluding hydrogens is 274 g/mol. The second-order valence-electron chi connectivity index (χ2n) is 4.26. The average molecular weight is 291 g/mol. The number of thiazole rings is 1. The van der Waals surface area contributed by atoms with Crippen LogP contribution >= 0.6 is 11.3 Å². The number of nitrogens with one attached hydrogen (secondary N) is 1. The molecule has 3 N–H and O–H groups in total. The van der Waals surface area contributed by atoms with Crippen LogP contribution < -0.4 is 11.1 Å². The van der Waals surface area contributed by atoms with Crippen molar-refractivity contribution in [2.75, 3.05) is 17.7 Å². The lowest BCUT2D eigenvalue weighted by Crippen LogP contribution is -2.10. The quantitative estimate of drug-likeness (QED) is 0.654. The number of carbonyl (C=O) groups excluding carboxylic acids is 1. The molecule has 2 rings (SSSR count). The largest absolute Gasteiger partial charge is 0.462 e. The van der Waals surface area contributed by atoms with Crippen molar-refractivity contribution in [1.29, 1.82) is 0 Å². The lowest BCUT2D eigenvalue weighted by Gasteiger charge is -2.14. The first-order chi connectivity index (χ1) is 9.61. The topological polar surface area (TPSA) is 77.2 Å². The van der Waals surface area contributed by atoms with E-state index in [-0.39, 0.29) is 6.04 Å². The molecule has 1 heterocycles. The van der Waals surface area contributed by atoms with Gasteiger partial charge < -0.3 is 15.8 Å². The molecule has 106 valence electrons. The van der Waals surface area contributed by atoms with Crippen LogP contribution in [0.5, 0.6) is 0 Å². The van der Waals surface area contributed by atoms with Gasteiger partial charge in [-0.05, 0) is 32.0 Å². The van der Waals surface area contributed by atoms with E-state index >= 15 is 0 Å². The van der Waals surface area contributed by atoms with Crippen molar-refractivity contribution >= 4 is 28.7 Å². The molecule has 0 aliphatic rings. The summed E-state index contributed by atoms with van der Waals surface area (Å²) in [6.07, 6.45) is 1.77. The number of hydrogen-bond donors (Lipinski definition) is 2. The Balaban J connectivity index is 2.17. The third-order valence-electron chi connectivity index (χ3n) is 2.75. The van der Waals surface area contributed by atoms with Gasteiger partial charge in [-0.1, -0.05) is 0 Å². The fourth-order valence-electron chi connectivity index (χ4n) is 1.79. The van der Waals surface area contributed by atoms with Crippen LogP contribution in [0.3, 0.4) is 0 Å². The second-order valence-corrected chi connectivity index (χ2v) is 5.19. The van der Waals surface area contributed by atoms with E-state index < -0.39 is 5.97 Å². The standard InChI is InChI=1S/C14H17N3O2S/c1-3-19-14(18)11-8-10(4-5-12(11)15)17-9(2)13-16-6-7-20-13/h4-9,17H,3,15H2,1-2H3. The molecule has 0 aliphatic heterocycles. The summed E-state index contributed by atoms with van der Waals surface area (Å²) < 4.78 is 4.98. The maximum atomic E-state index is 11.8. The zero-order valence-corrected chi connectivity index (χ0v) is 12.2. The summed E-state index contributed by atoms with van der Waals surface area (Å²) >= 11 is 1.58. The molecule has 0 aliphatic carbocycles. The van der Waals surface area contributed by atoms with Crippen molar-refractivity contribution in [1.82, 2.24) is 4.98 Å². The molecule has 1 unspecified atom stereocenters. The van der Waals surface area contributed by atoms with Crippen LogP contribution in [0.1, 0.15) is 35.3 Å². The first-order valence-corrected chi connectivity index (χ1v) is 7.22. The van der Waals surface area contributed by atoms with Gasteiger partial charge in [0.2, 0.25) is 0 Å². The minimum atomic E-state index is -0.407. The van der Waals surface area contributed by atoms with Crippen LogP contribution in [-0.4, -0.2) is 17.6 Å².